The number of fused-ring (bicyclic) bond motifs is 1. The fraction of sp³-hybridized carbons (Fsp3) is 0.214. The molecule has 2 heterocycles. The van der Waals surface area contributed by atoms with Crippen molar-refractivity contribution in [1.29, 1.82) is 0 Å². The molecule has 1 N–H and O–H groups in total. The Kier molecular flexibility index (Phi) is 4.34. The van der Waals surface area contributed by atoms with Crippen LogP contribution in [0.2, 0.25) is 0 Å². The average molecular weight is 379 g/mol. The van der Waals surface area contributed by atoms with Gasteiger partial charge in [0.25, 0.3) is 6.43 Å². The first-order chi connectivity index (χ1) is 12.2. The molecule has 0 saturated heterocycles. The van der Waals surface area contributed by atoms with Crippen LogP contribution >= 0.6 is 0 Å². The number of aromatic nitrogens is 3. The van der Waals surface area contributed by atoms with Gasteiger partial charge >= 0.3 is 11.9 Å². The first-order valence-electron chi connectivity index (χ1n) is 6.82. The molecule has 0 aliphatic heterocycles. The molecule has 0 atom stereocenters. The highest BCUT2D eigenvalue weighted by molar-refractivity contribution is 5.89. The van der Waals surface area contributed by atoms with Crippen LogP contribution in [0, 0.1) is 5.82 Å². The lowest BCUT2D eigenvalue weighted by atomic mass is 10.1. The molecular formula is C14H7F6N3O3. The van der Waals surface area contributed by atoms with Gasteiger partial charge in [-0.3, -0.25) is 4.98 Å². The fourth-order valence-corrected chi connectivity index (χ4v) is 2.13. The Morgan fingerprint density at radius 3 is 2.65 bits per heavy atom. The van der Waals surface area contributed by atoms with Gasteiger partial charge < -0.3 is 9.15 Å². The van der Waals surface area contributed by atoms with E-state index < -0.39 is 42.4 Å². The highest BCUT2D eigenvalue weighted by Crippen LogP contribution is 2.32. The van der Waals surface area contributed by atoms with E-state index in [1.807, 2.05) is 0 Å². The Balaban J connectivity index is 2.08. The van der Waals surface area contributed by atoms with Crippen molar-refractivity contribution in [1.82, 2.24) is 15.0 Å². The number of aromatic amines is 1. The summed E-state index contributed by atoms with van der Waals surface area (Å²) in [4.78, 5) is 20.3. The minimum atomic E-state index is -4.75. The molecule has 138 valence electrons. The number of benzene rings is 1. The summed E-state index contributed by atoms with van der Waals surface area (Å²) in [6.45, 7) is -1.83. The van der Waals surface area contributed by atoms with Crippen LogP contribution in [0.3, 0.4) is 0 Å². The SMILES string of the molecule is O=c1[nH]c2c(F)ccc(-c3cnc(OCC(F)(F)F)c(C(F)F)n3)c2o1. The van der Waals surface area contributed by atoms with Gasteiger partial charge in [0.15, 0.2) is 23.7 Å². The standard InChI is InChI=1S/C14H7F6N3O3/c15-6-2-1-5(10-8(6)23-13(24)26-10)7-3-21-12(9(22-7)11(16)17)25-4-14(18,19)20/h1-3,11H,4H2,(H,23,24). The normalized spacial score (nSPS) is 12.1. The highest BCUT2D eigenvalue weighted by atomic mass is 19.4. The second-order valence-electron chi connectivity index (χ2n) is 4.96. The summed E-state index contributed by atoms with van der Waals surface area (Å²) >= 11 is 0. The van der Waals surface area contributed by atoms with Crippen LogP contribution in [-0.4, -0.2) is 27.7 Å². The van der Waals surface area contributed by atoms with Gasteiger partial charge in [-0.15, -0.1) is 0 Å². The van der Waals surface area contributed by atoms with Crippen LogP contribution < -0.4 is 10.5 Å². The van der Waals surface area contributed by atoms with Gasteiger partial charge in [-0.1, -0.05) is 0 Å². The van der Waals surface area contributed by atoms with Gasteiger partial charge in [-0.05, 0) is 12.1 Å². The third kappa shape index (κ3) is 3.48. The monoisotopic (exact) mass is 379 g/mol. The van der Waals surface area contributed by atoms with Crippen molar-refractivity contribution >= 4 is 11.1 Å². The number of ether oxygens (including phenoxy) is 1. The van der Waals surface area contributed by atoms with Crippen LogP contribution in [0.25, 0.3) is 22.4 Å². The minimum Gasteiger partial charge on any atom is -0.467 e. The van der Waals surface area contributed by atoms with Crippen LogP contribution in [0.4, 0.5) is 26.3 Å². The molecule has 26 heavy (non-hydrogen) atoms. The minimum absolute atomic E-state index is 0.0588. The molecule has 3 rings (SSSR count). The maximum atomic E-state index is 13.7. The molecule has 0 unspecified atom stereocenters. The molecule has 12 heteroatoms. The van der Waals surface area contributed by atoms with Gasteiger partial charge in [0.05, 0.1) is 11.9 Å². The Labute approximate surface area is 139 Å². The van der Waals surface area contributed by atoms with Crippen molar-refractivity contribution in [2.75, 3.05) is 6.61 Å². The molecular weight excluding hydrogens is 372 g/mol. The van der Waals surface area contributed by atoms with E-state index in [0.29, 0.717) is 0 Å². The fourth-order valence-electron chi connectivity index (χ4n) is 2.13. The molecule has 0 aliphatic rings. The predicted molar refractivity (Wildman–Crippen MR) is 74.3 cm³/mol. The van der Waals surface area contributed by atoms with E-state index in [1.165, 1.54) is 0 Å². The number of nitrogens with zero attached hydrogens (tertiary/aromatic N) is 2. The van der Waals surface area contributed by atoms with E-state index in [4.69, 9.17) is 4.42 Å². The largest absolute Gasteiger partial charge is 0.467 e. The van der Waals surface area contributed by atoms with Crippen molar-refractivity contribution in [2.45, 2.75) is 12.6 Å². The molecule has 0 saturated carbocycles. The van der Waals surface area contributed by atoms with Gasteiger partial charge in [-0.25, -0.2) is 27.9 Å². The molecule has 0 fully saturated rings. The van der Waals surface area contributed by atoms with E-state index in [0.717, 1.165) is 18.3 Å². The van der Waals surface area contributed by atoms with Crippen molar-refractivity contribution in [3.8, 4) is 17.1 Å². The summed E-state index contributed by atoms with van der Waals surface area (Å²) < 4.78 is 85.5. The Morgan fingerprint density at radius 2 is 2.00 bits per heavy atom. The van der Waals surface area contributed by atoms with E-state index in [2.05, 4.69) is 19.7 Å². The van der Waals surface area contributed by atoms with Gasteiger partial charge in [-0.2, -0.15) is 13.2 Å². The predicted octanol–water partition coefficient (Wildman–Crippen LogP) is 3.60. The average Bonchev–Trinajstić information content (AvgIpc) is 2.95. The van der Waals surface area contributed by atoms with E-state index in [1.54, 1.807) is 0 Å². The highest BCUT2D eigenvalue weighted by Gasteiger charge is 2.30. The molecule has 3 aromatic rings. The molecule has 0 aliphatic carbocycles. The van der Waals surface area contributed by atoms with E-state index >= 15 is 0 Å². The molecule has 2 aromatic heterocycles. The van der Waals surface area contributed by atoms with Crippen LogP contribution in [0.1, 0.15) is 12.1 Å². The van der Waals surface area contributed by atoms with Gasteiger partial charge in [0.1, 0.15) is 5.52 Å². The van der Waals surface area contributed by atoms with Crippen LogP contribution in [-0.2, 0) is 0 Å². The molecule has 1 aromatic carbocycles. The Hall–Kier alpha value is -3.05. The summed E-state index contributed by atoms with van der Waals surface area (Å²) in [5, 5.41) is 0. The Bertz CT molecular complexity index is 1010. The third-order valence-electron chi connectivity index (χ3n) is 3.15. The molecule has 0 spiro atoms. The number of alkyl halides is 5. The van der Waals surface area contributed by atoms with E-state index in [-0.39, 0.29) is 22.4 Å². The number of halogens is 6. The zero-order valence-electron chi connectivity index (χ0n) is 12.4. The van der Waals surface area contributed by atoms with Gasteiger partial charge in [0.2, 0.25) is 5.88 Å². The van der Waals surface area contributed by atoms with Crippen molar-refractivity contribution in [3.63, 3.8) is 0 Å². The second-order valence-corrected chi connectivity index (χ2v) is 4.96. The lowest BCUT2D eigenvalue weighted by Gasteiger charge is -2.12. The number of rotatable bonds is 4. The number of oxazole rings is 1. The quantitative estimate of drug-likeness (QED) is 0.701. The molecule has 0 bridgehead atoms. The summed E-state index contributed by atoms with van der Waals surface area (Å²) in [5.74, 6) is -2.81. The van der Waals surface area contributed by atoms with Crippen molar-refractivity contribution < 1.29 is 35.5 Å². The maximum Gasteiger partial charge on any atom is 0.422 e. The molecule has 0 amide bonds. The molecule has 0 radical (unpaired) electrons. The number of nitrogens with one attached hydrogen (secondary N) is 1. The van der Waals surface area contributed by atoms with Crippen molar-refractivity contribution in [3.05, 3.63) is 40.4 Å². The topological polar surface area (TPSA) is 81.0 Å². The van der Waals surface area contributed by atoms with Crippen LogP contribution in [0.15, 0.2) is 27.5 Å². The summed E-state index contributed by atoms with van der Waals surface area (Å²) in [6.07, 6.45) is -7.20. The first kappa shape index (κ1) is 17.8. The van der Waals surface area contributed by atoms with E-state index in [9.17, 15) is 31.1 Å². The first-order valence-corrected chi connectivity index (χ1v) is 6.82. The maximum absolute atomic E-state index is 13.7. The number of H-pyrrole nitrogens is 1. The summed E-state index contributed by atoms with van der Waals surface area (Å²) in [5.41, 5.74) is -2.08. The van der Waals surface area contributed by atoms with Crippen LogP contribution in [0.5, 0.6) is 5.88 Å². The summed E-state index contributed by atoms with van der Waals surface area (Å²) in [6, 6.07) is 2.03. The molecule has 6 nitrogen and oxygen atoms in total. The third-order valence-corrected chi connectivity index (χ3v) is 3.15. The number of hydrogen-bond donors (Lipinski definition) is 1. The smallest absolute Gasteiger partial charge is 0.422 e. The lowest BCUT2D eigenvalue weighted by molar-refractivity contribution is -0.154. The Morgan fingerprint density at radius 1 is 1.27 bits per heavy atom. The summed E-state index contributed by atoms with van der Waals surface area (Å²) in [7, 11) is 0. The zero-order valence-corrected chi connectivity index (χ0v) is 12.4. The lowest BCUT2D eigenvalue weighted by Crippen LogP contribution is -2.20. The second kappa shape index (κ2) is 6.35. The van der Waals surface area contributed by atoms with Crippen molar-refractivity contribution in [2.24, 2.45) is 0 Å². The van der Waals surface area contributed by atoms with Gasteiger partial charge in [0, 0.05) is 5.56 Å². The zero-order chi connectivity index (χ0) is 19.1. The number of hydrogen-bond acceptors (Lipinski definition) is 5.